The van der Waals surface area contributed by atoms with Crippen LogP contribution in [0.4, 0.5) is 4.79 Å². The zero-order chi connectivity index (χ0) is 19.3. The number of hydrogen-bond acceptors (Lipinski definition) is 4. The Morgan fingerprint density at radius 3 is 2.46 bits per heavy atom. The van der Waals surface area contributed by atoms with Crippen LogP contribution in [0.3, 0.4) is 0 Å². The molecule has 26 heavy (non-hydrogen) atoms. The van der Waals surface area contributed by atoms with E-state index in [4.69, 9.17) is 33.3 Å². The summed E-state index contributed by atoms with van der Waals surface area (Å²) in [7, 11) is 0. The summed E-state index contributed by atoms with van der Waals surface area (Å²) in [6.45, 7) is 1.74. The monoisotopic (exact) mass is 472 g/mol. The smallest absolute Gasteiger partial charge is 0.412 e. The lowest BCUT2D eigenvalue weighted by Gasteiger charge is -2.17. The normalized spacial score (nSPS) is 12.8. The number of nitrogens with one attached hydrogen (secondary N) is 2. The van der Waals surface area contributed by atoms with Crippen molar-refractivity contribution in [3.05, 3.63) is 74.9 Å². The van der Waals surface area contributed by atoms with Gasteiger partial charge in [-0.25, -0.2) is 4.79 Å². The highest BCUT2D eigenvalue weighted by Gasteiger charge is 2.19. The number of thiol groups is 1. The van der Waals surface area contributed by atoms with E-state index in [1.807, 2.05) is 24.3 Å². The van der Waals surface area contributed by atoms with Crippen LogP contribution >= 0.6 is 51.8 Å². The van der Waals surface area contributed by atoms with E-state index in [0.29, 0.717) is 10.6 Å². The van der Waals surface area contributed by atoms with Crippen LogP contribution in [0.1, 0.15) is 24.2 Å². The first-order chi connectivity index (χ1) is 12.3. The molecule has 8 heteroatoms. The maximum Gasteiger partial charge on any atom is 0.412 e. The van der Waals surface area contributed by atoms with E-state index in [1.165, 1.54) is 0 Å². The van der Waals surface area contributed by atoms with Crippen LogP contribution in [0.5, 0.6) is 0 Å². The molecule has 0 saturated heterocycles. The maximum absolute atomic E-state index is 12.3. The van der Waals surface area contributed by atoms with Gasteiger partial charge in [-0.3, -0.25) is 10.7 Å². The lowest BCUT2D eigenvalue weighted by Crippen LogP contribution is -2.28. The van der Waals surface area contributed by atoms with Gasteiger partial charge in [0.2, 0.25) is 0 Å². The molecule has 0 radical (unpaired) electrons. The summed E-state index contributed by atoms with van der Waals surface area (Å²) in [5.41, 5.74) is 1.36. The van der Waals surface area contributed by atoms with Crippen molar-refractivity contribution in [2.75, 3.05) is 0 Å². The minimum Gasteiger partial charge on any atom is -0.441 e. The molecule has 2 rings (SSSR count). The number of alkyl carbamates (subject to hydrolysis) is 1. The molecule has 0 aliphatic rings. The highest BCUT2D eigenvalue weighted by molar-refractivity contribution is 9.10. The fourth-order valence-electron chi connectivity index (χ4n) is 2.17. The van der Waals surface area contributed by atoms with E-state index in [0.717, 1.165) is 10.0 Å². The molecule has 4 nitrogen and oxygen atoms in total. The van der Waals surface area contributed by atoms with Crippen molar-refractivity contribution in [3.63, 3.8) is 0 Å². The molecule has 1 amide bonds. The second kappa shape index (κ2) is 9.46. The largest absolute Gasteiger partial charge is 0.441 e. The summed E-state index contributed by atoms with van der Waals surface area (Å²) in [5.74, 6) is 0. The number of ether oxygens (including phenoxy) is 1. The lowest BCUT2D eigenvalue weighted by molar-refractivity contribution is 0.110. The summed E-state index contributed by atoms with van der Waals surface area (Å²) in [5, 5.41) is 10.2. The number of amides is 1. The van der Waals surface area contributed by atoms with E-state index >= 15 is 0 Å². The van der Waals surface area contributed by atoms with Gasteiger partial charge in [0, 0.05) is 25.5 Å². The van der Waals surface area contributed by atoms with Crippen LogP contribution in [0.25, 0.3) is 4.91 Å². The Balaban J connectivity index is 2.21. The molecule has 136 valence electrons. The summed E-state index contributed by atoms with van der Waals surface area (Å²) < 4.78 is 6.20. The molecule has 0 heterocycles. The minimum absolute atomic E-state index is 0.00688. The molecule has 1 atom stereocenters. The van der Waals surface area contributed by atoms with Crippen LogP contribution < -0.4 is 5.32 Å². The average Bonchev–Trinajstić information content (AvgIpc) is 2.59. The Labute approximate surface area is 175 Å². The van der Waals surface area contributed by atoms with Gasteiger partial charge in [-0.2, -0.15) is 0 Å². The third kappa shape index (κ3) is 5.27. The summed E-state index contributed by atoms with van der Waals surface area (Å²) >= 11 is 19.7. The van der Waals surface area contributed by atoms with E-state index in [-0.39, 0.29) is 15.8 Å². The van der Waals surface area contributed by atoms with Gasteiger partial charge in [-0.1, -0.05) is 75.5 Å². The average molecular weight is 474 g/mol. The Kier molecular flexibility index (Phi) is 7.58. The summed E-state index contributed by atoms with van der Waals surface area (Å²) in [4.78, 5) is 12.5. The Bertz CT molecular complexity index is 874. The van der Waals surface area contributed by atoms with E-state index in [2.05, 4.69) is 33.9 Å². The van der Waals surface area contributed by atoms with E-state index in [1.54, 1.807) is 31.2 Å². The summed E-state index contributed by atoms with van der Waals surface area (Å²) in [6.07, 6.45) is -1.27. The molecule has 0 spiro atoms. The number of carbonyl (C=O) groups is 1. The van der Waals surface area contributed by atoms with Gasteiger partial charge >= 0.3 is 6.09 Å². The van der Waals surface area contributed by atoms with Crippen LogP contribution in [0.2, 0.25) is 5.02 Å². The van der Waals surface area contributed by atoms with Gasteiger partial charge in [0.05, 0.1) is 5.70 Å². The lowest BCUT2D eigenvalue weighted by atomic mass is 10.1. The van der Waals surface area contributed by atoms with Gasteiger partial charge in [-0.05, 0) is 19.1 Å². The van der Waals surface area contributed by atoms with Crippen molar-refractivity contribution in [2.45, 2.75) is 13.0 Å². The van der Waals surface area contributed by atoms with Gasteiger partial charge in [-0.15, -0.1) is 12.6 Å². The molecular weight excluding hydrogens is 459 g/mol. The van der Waals surface area contributed by atoms with Crippen molar-refractivity contribution < 1.29 is 9.53 Å². The molecule has 0 aliphatic heterocycles. The van der Waals surface area contributed by atoms with Crippen LogP contribution in [-0.4, -0.2) is 11.3 Å². The molecule has 0 bridgehead atoms. The molecule has 2 aromatic rings. The van der Waals surface area contributed by atoms with Crippen molar-refractivity contribution in [2.24, 2.45) is 0 Å². The van der Waals surface area contributed by atoms with Gasteiger partial charge < -0.3 is 4.74 Å². The molecule has 0 fully saturated rings. The van der Waals surface area contributed by atoms with Crippen molar-refractivity contribution in [1.82, 2.24) is 5.32 Å². The molecule has 2 N–H and O–H groups in total. The zero-order valence-electron chi connectivity index (χ0n) is 13.6. The maximum atomic E-state index is 12.3. The SMILES string of the molecule is C[C@@H](OC(=O)N/C(C(=N)Cl)=C(/S)c1ccccc1Cl)c1ccccc1Br. The Morgan fingerprint density at radius 1 is 1.23 bits per heavy atom. The molecular formula is C18H15BrCl2N2O2S. The number of halogens is 3. The fraction of sp³-hybridized carbons (Fsp3) is 0.111. The Hall–Kier alpha value is -1.47. The van der Waals surface area contributed by atoms with Gasteiger partial charge in [0.1, 0.15) is 11.3 Å². The summed E-state index contributed by atoms with van der Waals surface area (Å²) in [6, 6.07) is 14.3. The quantitative estimate of drug-likeness (QED) is 0.347. The third-order valence-electron chi connectivity index (χ3n) is 3.44. The fourth-order valence-corrected chi connectivity index (χ4v) is 3.64. The van der Waals surface area contributed by atoms with Gasteiger partial charge in [0.25, 0.3) is 0 Å². The molecule has 0 aliphatic carbocycles. The van der Waals surface area contributed by atoms with Gasteiger partial charge in [0.15, 0.2) is 0 Å². The first kappa shape index (κ1) is 20.8. The van der Waals surface area contributed by atoms with E-state index in [9.17, 15) is 4.79 Å². The standard InChI is InChI=1S/C18H15BrCl2N2O2S/c1-10(11-6-2-4-8-13(11)19)25-18(24)23-15(17(21)22)16(26)12-7-3-5-9-14(12)20/h2-10,22,26H,1H3,(H,23,24)/b16-15+,22-17?/t10-/m1/s1. The first-order valence-electron chi connectivity index (χ1n) is 7.46. The highest BCUT2D eigenvalue weighted by Crippen LogP contribution is 2.30. The first-order valence-corrected chi connectivity index (χ1v) is 9.45. The topological polar surface area (TPSA) is 62.2 Å². The highest BCUT2D eigenvalue weighted by atomic mass is 79.9. The molecule has 2 aromatic carbocycles. The predicted octanol–water partition coefficient (Wildman–Crippen LogP) is 6.40. The molecule has 0 aromatic heterocycles. The van der Waals surface area contributed by atoms with Crippen LogP contribution in [0, 0.1) is 5.41 Å². The van der Waals surface area contributed by atoms with Crippen LogP contribution in [-0.2, 0) is 4.74 Å². The number of hydrogen-bond donors (Lipinski definition) is 3. The number of allylic oxidation sites excluding steroid dienone is 1. The third-order valence-corrected chi connectivity index (χ3v) is 5.14. The second-order valence-electron chi connectivity index (χ2n) is 5.21. The molecule has 0 unspecified atom stereocenters. The number of rotatable bonds is 5. The van der Waals surface area contributed by atoms with Crippen molar-refractivity contribution in [3.8, 4) is 0 Å². The zero-order valence-corrected chi connectivity index (χ0v) is 17.6. The number of carbonyl (C=O) groups excluding carboxylic acids is 1. The van der Waals surface area contributed by atoms with Crippen molar-refractivity contribution in [1.29, 1.82) is 5.41 Å². The molecule has 0 saturated carbocycles. The Morgan fingerprint density at radius 2 is 1.85 bits per heavy atom. The number of benzene rings is 2. The second-order valence-corrected chi connectivity index (χ2v) is 7.30. The predicted molar refractivity (Wildman–Crippen MR) is 113 cm³/mol. The van der Waals surface area contributed by atoms with Crippen molar-refractivity contribution >= 4 is 67.9 Å². The van der Waals surface area contributed by atoms with Crippen LogP contribution in [0.15, 0.2) is 58.7 Å². The minimum atomic E-state index is -0.757. The van der Waals surface area contributed by atoms with E-state index < -0.39 is 12.2 Å².